The first-order valence-corrected chi connectivity index (χ1v) is 11.1. The van der Waals surface area contributed by atoms with Gasteiger partial charge in [0.25, 0.3) is 5.91 Å². The van der Waals surface area contributed by atoms with Crippen LogP contribution in [0.4, 0.5) is 17.1 Å². The highest BCUT2D eigenvalue weighted by molar-refractivity contribution is 6.38. The minimum atomic E-state index is -0.941. The molecule has 4 N–H and O–H groups in total. The quantitative estimate of drug-likeness (QED) is 0.348. The molecule has 1 aliphatic heterocycles. The molecule has 7 nitrogen and oxygen atoms in total. The molecule has 174 valence electrons. The van der Waals surface area contributed by atoms with E-state index in [0.29, 0.717) is 27.7 Å². The average molecular weight is 477 g/mol. The third-order valence-corrected chi connectivity index (χ3v) is 5.55. The number of benzene rings is 3. The van der Waals surface area contributed by atoms with Crippen LogP contribution in [-0.4, -0.2) is 42.5 Å². The Morgan fingerprint density at radius 3 is 2.32 bits per heavy atom. The van der Waals surface area contributed by atoms with Gasteiger partial charge in [-0.15, -0.1) is 0 Å². The summed E-state index contributed by atoms with van der Waals surface area (Å²) in [5.41, 5.74) is 6.05. The zero-order valence-electron chi connectivity index (χ0n) is 18.9. The second-order valence-corrected chi connectivity index (χ2v) is 8.71. The lowest BCUT2D eigenvalue weighted by Crippen LogP contribution is -2.12. The smallest absolute Gasteiger partial charge is 0.322 e. The first-order valence-electron chi connectivity index (χ1n) is 10.7. The SMILES string of the molecule is CN(C)Cc1ccc(NC(=C2C(=O)Nc3cc(Cl)ccc32)c2ccc(NCC(=O)O)cc2)cc1. The highest BCUT2D eigenvalue weighted by Crippen LogP contribution is 2.39. The third-order valence-electron chi connectivity index (χ3n) is 5.32. The first-order chi connectivity index (χ1) is 16.3. The van der Waals surface area contributed by atoms with Crippen molar-refractivity contribution in [2.75, 3.05) is 36.6 Å². The van der Waals surface area contributed by atoms with Crippen molar-refractivity contribution >= 4 is 51.8 Å². The summed E-state index contributed by atoms with van der Waals surface area (Å²) in [5, 5.41) is 18.6. The molecule has 0 bridgehead atoms. The second kappa shape index (κ2) is 9.99. The van der Waals surface area contributed by atoms with Gasteiger partial charge in [0.1, 0.15) is 6.54 Å². The molecule has 0 spiro atoms. The van der Waals surface area contributed by atoms with Crippen molar-refractivity contribution in [1.82, 2.24) is 4.90 Å². The van der Waals surface area contributed by atoms with Crippen molar-refractivity contribution in [1.29, 1.82) is 0 Å². The maximum atomic E-state index is 13.0. The van der Waals surface area contributed by atoms with Gasteiger partial charge in [-0.25, -0.2) is 0 Å². The predicted molar refractivity (Wildman–Crippen MR) is 137 cm³/mol. The minimum Gasteiger partial charge on any atom is -0.480 e. The van der Waals surface area contributed by atoms with Crippen molar-refractivity contribution in [2.45, 2.75) is 6.54 Å². The van der Waals surface area contributed by atoms with E-state index in [0.717, 1.165) is 23.4 Å². The van der Waals surface area contributed by atoms with Gasteiger partial charge in [-0.3, -0.25) is 9.59 Å². The highest BCUT2D eigenvalue weighted by atomic mass is 35.5. The molecule has 4 rings (SSSR count). The Labute approximate surface area is 203 Å². The normalized spacial score (nSPS) is 13.9. The third kappa shape index (κ3) is 5.39. The van der Waals surface area contributed by atoms with Crippen molar-refractivity contribution in [3.8, 4) is 0 Å². The second-order valence-electron chi connectivity index (χ2n) is 8.28. The zero-order chi connectivity index (χ0) is 24.2. The average Bonchev–Trinajstić information content (AvgIpc) is 3.11. The van der Waals surface area contributed by atoms with Crippen molar-refractivity contribution in [2.24, 2.45) is 0 Å². The molecule has 1 aliphatic rings. The van der Waals surface area contributed by atoms with Gasteiger partial charge in [0.15, 0.2) is 0 Å². The van der Waals surface area contributed by atoms with Crippen molar-refractivity contribution in [3.05, 3.63) is 88.4 Å². The summed E-state index contributed by atoms with van der Waals surface area (Å²) in [4.78, 5) is 26.0. The van der Waals surface area contributed by atoms with E-state index >= 15 is 0 Å². The lowest BCUT2D eigenvalue weighted by molar-refractivity contribution is -0.134. The standard InChI is InChI=1S/C26H25ClN4O3/c1-31(2)15-16-3-8-20(9-4-16)29-25(17-5-10-19(11-6-17)28-14-23(32)33)24-21-12-7-18(27)13-22(21)30-26(24)34/h3-13,28-29H,14-15H2,1-2H3,(H,30,34)(H,32,33). The highest BCUT2D eigenvalue weighted by Gasteiger charge is 2.28. The summed E-state index contributed by atoms with van der Waals surface area (Å²) in [5.74, 6) is -1.17. The Bertz CT molecular complexity index is 1250. The van der Waals surface area contributed by atoms with Gasteiger partial charge in [0.05, 0.1) is 17.0 Å². The molecule has 34 heavy (non-hydrogen) atoms. The molecule has 1 amide bonds. The topological polar surface area (TPSA) is 93.7 Å². The number of carbonyl (C=O) groups is 2. The van der Waals surface area contributed by atoms with Crippen LogP contribution in [0.15, 0.2) is 66.7 Å². The lowest BCUT2D eigenvalue weighted by atomic mass is 9.99. The summed E-state index contributed by atoms with van der Waals surface area (Å²) >= 11 is 6.13. The van der Waals surface area contributed by atoms with Crippen LogP contribution in [0.2, 0.25) is 5.02 Å². The lowest BCUT2D eigenvalue weighted by Gasteiger charge is -2.16. The summed E-state index contributed by atoms with van der Waals surface area (Å²) in [6, 6.07) is 20.7. The number of aliphatic carboxylic acids is 1. The number of carbonyl (C=O) groups excluding carboxylic acids is 1. The Kier molecular flexibility index (Phi) is 6.86. The van der Waals surface area contributed by atoms with Crippen LogP contribution in [-0.2, 0) is 16.1 Å². The van der Waals surface area contributed by atoms with Crippen LogP contribution in [0, 0.1) is 0 Å². The van der Waals surface area contributed by atoms with Crippen LogP contribution in [0.5, 0.6) is 0 Å². The molecular weight excluding hydrogens is 452 g/mol. The number of hydrogen-bond acceptors (Lipinski definition) is 5. The van der Waals surface area contributed by atoms with E-state index in [1.54, 1.807) is 24.3 Å². The Morgan fingerprint density at radius 2 is 1.68 bits per heavy atom. The number of fused-ring (bicyclic) bond motifs is 1. The Hall–Kier alpha value is -3.81. The molecule has 0 unspecified atom stereocenters. The number of carboxylic acids is 1. The van der Waals surface area contributed by atoms with Gasteiger partial charge in [0, 0.05) is 28.5 Å². The number of halogens is 1. The molecule has 3 aromatic carbocycles. The van der Waals surface area contributed by atoms with Gasteiger partial charge in [-0.2, -0.15) is 0 Å². The van der Waals surface area contributed by atoms with Gasteiger partial charge >= 0.3 is 5.97 Å². The largest absolute Gasteiger partial charge is 0.480 e. The first kappa shape index (κ1) is 23.4. The van der Waals surface area contributed by atoms with E-state index in [1.165, 1.54) is 5.56 Å². The molecule has 3 aromatic rings. The monoisotopic (exact) mass is 476 g/mol. The molecule has 0 saturated heterocycles. The number of hydrogen-bond donors (Lipinski definition) is 4. The van der Waals surface area contributed by atoms with Gasteiger partial charge < -0.3 is 26.0 Å². The van der Waals surface area contributed by atoms with Crippen LogP contribution in [0.3, 0.4) is 0 Å². The Morgan fingerprint density at radius 1 is 1.00 bits per heavy atom. The molecule has 0 radical (unpaired) electrons. The maximum absolute atomic E-state index is 13.0. The van der Waals surface area contributed by atoms with E-state index in [-0.39, 0.29) is 12.5 Å². The van der Waals surface area contributed by atoms with Gasteiger partial charge in [-0.1, -0.05) is 41.9 Å². The number of nitrogens with zero attached hydrogens (tertiary/aromatic N) is 1. The van der Waals surface area contributed by atoms with E-state index in [2.05, 4.69) is 20.9 Å². The number of rotatable bonds is 8. The molecule has 1 heterocycles. The zero-order valence-corrected chi connectivity index (χ0v) is 19.6. The van der Waals surface area contributed by atoms with Crippen LogP contribution in [0.1, 0.15) is 16.7 Å². The van der Waals surface area contributed by atoms with E-state index in [1.807, 2.05) is 56.6 Å². The minimum absolute atomic E-state index is 0.179. The fourth-order valence-corrected chi connectivity index (χ4v) is 3.98. The molecule has 0 saturated carbocycles. The number of carboxylic acid groups (broad SMARTS) is 1. The fourth-order valence-electron chi connectivity index (χ4n) is 3.81. The summed E-state index contributed by atoms with van der Waals surface area (Å²) in [6.07, 6.45) is 0. The van der Waals surface area contributed by atoms with Crippen LogP contribution in [0.25, 0.3) is 11.3 Å². The van der Waals surface area contributed by atoms with E-state index in [9.17, 15) is 9.59 Å². The summed E-state index contributed by atoms with van der Waals surface area (Å²) in [7, 11) is 4.04. The number of nitrogens with one attached hydrogen (secondary N) is 3. The van der Waals surface area contributed by atoms with E-state index in [4.69, 9.17) is 16.7 Å². The molecule has 8 heteroatoms. The van der Waals surface area contributed by atoms with Crippen LogP contribution >= 0.6 is 11.6 Å². The predicted octanol–water partition coefficient (Wildman–Crippen LogP) is 4.83. The summed E-state index contributed by atoms with van der Waals surface area (Å²) in [6.45, 7) is 0.650. The fraction of sp³-hybridized carbons (Fsp3) is 0.154. The van der Waals surface area contributed by atoms with E-state index < -0.39 is 5.97 Å². The summed E-state index contributed by atoms with van der Waals surface area (Å²) < 4.78 is 0. The maximum Gasteiger partial charge on any atom is 0.322 e. The molecule has 0 fully saturated rings. The molecule has 0 aliphatic carbocycles. The van der Waals surface area contributed by atoms with Crippen molar-refractivity contribution in [3.63, 3.8) is 0 Å². The van der Waals surface area contributed by atoms with Gasteiger partial charge in [-0.05, 0) is 61.6 Å². The molecular formula is C26H25ClN4O3. The molecule has 0 atom stereocenters. The molecule has 0 aromatic heterocycles. The number of amides is 1. The van der Waals surface area contributed by atoms with Gasteiger partial charge in [0.2, 0.25) is 0 Å². The number of anilines is 3. The van der Waals surface area contributed by atoms with Crippen LogP contribution < -0.4 is 16.0 Å². The van der Waals surface area contributed by atoms with Crippen molar-refractivity contribution < 1.29 is 14.7 Å². The Balaban J connectivity index is 1.74.